The highest BCUT2D eigenvalue weighted by Crippen LogP contribution is 2.51. The van der Waals surface area contributed by atoms with Gasteiger partial charge in [-0.05, 0) is 31.2 Å². The number of hydrogen-bond donors (Lipinski definition) is 0. The van der Waals surface area contributed by atoms with Crippen molar-refractivity contribution >= 4 is 0 Å². The number of unbranched alkanes of at least 4 members (excludes halogenated alkanes) is 1. The van der Waals surface area contributed by atoms with Crippen LogP contribution in [0.2, 0.25) is 0 Å². The van der Waals surface area contributed by atoms with Crippen molar-refractivity contribution < 1.29 is 9.47 Å². The first-order valence-electron chi connectivity index (χ1n) is 7.67. The Morgan fingerprint density at radius 2 is 2.16 bits per heavy atom. The molecule has 2 nitrogen and oxygen atoms in total. The maximum atomic E-state index is 6.10. The standard InChI is InChI=1S/C17H24O2/c1-2-3-11-17-12-7-10-15(16(17)19-17)18-13-14-8-5-4-6-9-14/h4-6,8-9,15-16H,2-3,7,10-13H2,1H3/t15-,16-,17+/m0/s1. The summed E-state index contributed by atoms with van der Waals surface area (Å²) in [5.74, 6) is 0. The fourth-order valence-corrected chi connectivity index (χ4v) is 3.34. The molecule has 0 radical (unpaired) electrons. The number of hydrogen-bond acceptors (Lipinski definition) is 2. The summed E-state index contributed by atoms with van der Waals surface area (Å²) in [7, 11) is 0. The fourth-order valence-electron chi connectivity index (χ4n) is 3.34. The average Bonchev–Trinajstić information content (AvgIpc) is 3.19. The van der Waals surface area contributed by atoms with E-state index in [0.29, 0.717) is 12.2 Å². The lowest BCUT2D eigenvalue weighted by atomic mass is 9.84. The molecular formula is C17H24O2. The van der Waals surface area contributed by atoms with Crippen LogP contribution in [0.3, 0.4) is 0 Å². The van der Waals surface area contributed by atoms with E-state index >= 15 is 0 Å². The molecule has 1 heterocycles. The van der Waals surface area contributed by atoms with Crippen LogP contribution in [0.5, 0.6) is 0 Å². The number of rotatable bonds is 6. The van der Waals surface area contributed by atoms with Crippen molar-refractivity contribution in [1.29, 1.82) is 0 Å². The minimum Gasteiger partial charge on any atom is -0.371 e. The van der Waals surface area contributed by atoms with Gasteiger partial charge in [0.2, 0.25) is 0 Å². The summed E-state index contributed by atoms with van der Waals surface area (Å²) >= 11 is 0. The van der Waals surface area contributed by atoms with Crippen LogP contribution in [0.4, 0.5) is 0 Å². The highest BCUT2D eigenvalue weighted by molar-refractivity contribution is 5.14. The Hall–Kier alpha value is -0.860. The maximum absolute atomic E-state index is 6.10. The largest absolute Gasteiger partial charge is 0.371 e. The lowest BCUT2D eigenvalue weighted by Gasteiger charge is -2.24. The Morgan fingerprint density at radius 1 is 1.32 bits per heavy atom. The molecule has 0 amide bonds. The second-order valence-corrected chi connectivity index (χ2v) is 5.93. The van der Waals surface area contributed by atoms with Gasteiger partial charge in [-0.25, -0.2) is 0 Å². The highest BCUT2D eigenvalue weighted by atomic mass is 16.6. The van der Waals surface area contributed by atoms with Crippen LogP contribution >= 0.6 is 0 Å². The molecule has 1 aromatic carbocycles. The van der Waals surface area contributed by atoms with Gasteiger partial charge in [-0.3, -0.25) is 0 Å². The second-order valence-electron chi connectivity index (χ2n) is 5.93. The summed E-state index contributed by atoms with van der Waals surface area (Å²) in [4.78, 5) is 0. The Balaban J connectivity index is 1.52. The van der Waals surface area contributed by atoms with Gasteiger partial charge in [-0.1, -0.05) is 50.1 Å². The van der Waals surface area contributed by atoms with Gasteiger partial charge in [0.1, 0.15) is 6.10 Å². The third-order valence-electron chi connectivity index (χ3n) is 4.51. The summed E-state index contributed by atoms with van der Waals surface area (Å²) in [6.45, 7) is 2.97. The molecule has 1 saturated carbocycles. The zero-order valence-corrected chi connectivity index (χ0v) is 11.8. The van der Waals surface area contributed by atoms with Crippen LogP contribution in [0.1, 0.15) is 51.0 Å². The Kier molecular flexibility index (Phi) is 3.90. The number of benzene rings is 1. The highest BCUT2D eigenvalue weighted by Gasteiger charge is 2.61. The second kappa shape index (κ2) is 5.64. The van der Waals surface area contributed by atoms with Crippen LogP contribution < -0.4 is 0 Å². The third-order valence-corrected chi connectivity index (χ3v) is 4.51. The van der Waals surface area contributed by atoms with Gasteiger partial charge in [0, 0.05) is 0 Å². The first-order valence-corrected chi connectivity index (χ1v) is 7.67. The lowest BCUT2D eigenvalue weighted by Crippen LogP contribution is -2.32. The SMILES string of the molecule is CCCC[C@@]12CCC[C@H](OCc3ccccc3)[C@@H]1O2. The predicted molar refractivity (Wildman–Crippen MR) is 76.0 cm³/mol. The molecule has 0 unspecified atom stereocenters. The van der Waals surface area contributed by atoms with E-state index in [1.165, 1.54) is 37.7 Å². The quantitative estimate of drug-likeness (QED) is 0.719. The Labute approximate surface area is 116 Å². The van der Waals surface area contributed by atoms with Gasteiger partial charge in [0.25, 0.3) is 0 Å². The molecule has 1 saturated heterocycles. The molecule has 104 valence electrons. The molecule has 1 aromatic rings. The van der Waals surface area contributed by atoms with Crippen molar-refractivity contribution in [3.8, 4) is 0 Å². The van der Waals surface area contributed by atoms with Gasteiger partial charge in [0.05, 0.1) is 18.3 Å². The van der Waals surface area contributed by atoms with E-state index in [9.17, 15) is 0 Å². The van der Waals surface area contributed by atoms with Crippen molar-refractivity contribution in [2.45, 2.75) is 69.9 Å². The minimum atomic E-state index is 0.190. The summed E-state index contributed by atoms with van der Waals surface area (Å²) < 4.78 is 12.1. The van der Waals surface area contributed by atoms with E-state index in [-0.39, 0.29) is 5.60 Å². The molecule has 0 bridgehead atoms. The summed E-state index contributed by atoms with van der Waals surface area (Å²) in [5.41, 5.74) is 1.45. The molecule has 0 spiro atoms. The molecule has 0 N–H and O–H groups in total. The first-order chi connectivity index (χ1) is 9.34. The third kappa shape index (κ3) is 2.85. The van der Waals surface area contributed by atoms with Crippen LogP contribution in [0.25, 0.3) is 0 Å². The molecule has 1 aliphatic heterocycles. The van der Waals surface area contributed by atoms with Gasteiger partial charge in [0.15, 0.2) is 0 Å². The Morgan fingerprint density at radius 3 is 2.95 bits per heavy atom. The number of ether oxygens (including phenoxy) is 2. The monoisotopic (exact) mass is 260 g/mol. The van der Waals surface area contributed by atoms with Crippen molar-refractivity contribution in [2.75, 3.05) is 0 Å². The van der Waals surface area contributed by atoms with E-state index in [4.69, 9.17) is 9.47 Å². The molecule has 2 aliphatic rings. The van der Waals surface area contributed by atoms with E-state index in [2.05, 4.69) is 31.2 Å². The molecule has 3 rings (SSSR count). The molecular weight excluding hydrogens is 236 g/mol. The molecule has 19 heavy (non-hydrogen) atoms. The van der Waals surface area contributed by atoms with Gasteiger partial charge < -0.3 is 9.47 Å². The fraction of sp³-hybridized carbons (Fsp3) is 0.647. The summed E-state index contributed by atoms with van der Waals surface area (Å²) in [6, 6.07) is 10.4. The molecule has 0 aromatic heterocycles. The van der Waals surface area contributed by atoms with Gasteiger partial charge >= 0.3 is 0 Å². The van der Waals surface area contributed by atoms with Crippen molar-refractivity contribution in [2.24, 2.45) is 0 Å². The first kappa shape index (κ1) is 13.1. The minimum absolute atomic E-state index is 0.190. The Bertz CT molecular complexity index is 403. The average molecular weight is 260 g/mol. The topological polar surface area (TPSA) is 21.8 Å². The van der Waals surface area contributed by atoms with Crippen LogP contribution in [0, 0.1) is 0 Å². The predicted octanol–water partition coefficient (Wildman–Crippen LogP) is 4.08. The van der Waals surface area contributed by atoms with Crippen LogP contribution in [0.15, 0.2) is 30.3 Å². The maximum Gasteiger partial charge on any atom is 0.113 e. The zero-order chi connectivity index (χ0) is 13.1. The van der Waals surface area contributed by atoms with E-state index in [1.807, 2.05) is 6.07 Å². The smallest absolute Gasteiger partial charge is 0.113 e. The molecule has 2 heteroatoms. The van der Waals surface area contributed by atoms with Crippen LogP contribution in [-0.4, -0.2) is 17.8 Å². The molecule has 3 atom stereocenters. The van der Waals surface area contributed by atoms with E-state index in [0.717, 1.165) is 13.0 Å². The zero-order valence-electron chi connectivity index (χ0n) is 11.8. The molecule has 2 fully saturated rings. The summed E-state index contributed by atoms with van der Waals surface area (Å²) in [5, 5.41) is 0. The van der Waals surface area contributed by atoms with Crippen LogP contribution in [-0.2, 0) is 16.1 Å². The van der Waals surface area contributed by atoms with E-state index < -0.39 is 0 Å². The van der Waals surface area contributed by atoms with Gasteiger partial charge in [-0.2, -0.15) is 0 Å². The van der Waals surface area contributed by atoms with Crippen molar-refractivity contribution in [3.63, 3.8) is 0 Å². The normalized spacial score (nSPS) is 32.9. The number of fused-ring (bicyclic) bond motifs is 1. The van der Waals surface area contributed by atoms with E-state index in [1.54, 1.807) is 0 Å². The summed E-state index contributed by atoms with van der Waals surface area (Å²) in [6.07, 6.45) is 8.09. The lowest BCUT2D eigenvalue weighted by molar-refractivity contribution is 0.0119. The van der Waals surface area contributed by atoms with Crippen molar-refractivity contribution in [1.82, 2.24) is 0 Å². The molecule has 1 aliphatic carbocycles. The number of epoxide rings is 1. The van der Waals surface area contributed by atoms with Crippen molar-refractivity contribution in [3.05, 3.63) is 35.9 Å². The van der Waals surface area contributed by atoms with Gasteiger partial charge in [-0.15, -0.1) is 0 Å².